The van der Waals surface area contributed by atoms with Gasteiger partial charge in [0.2, 0.25) is 0 Å². The summed E-state index contributed by atoms with van der Waals surface area (Å²) in [6.07, 6.45) is 2.52. The first-order valence-corrected chi connectivity index (χ1v) is 11.9. The van der Waals surface area contributed by atoms with Gasteiger partial charge >= 0.3 is 0 Å². The molecule has 0 radical (unpaired) electrons. The molecule has 0 aliphatic heterocycles. The molecule has 0 fully saturated rings. The minimum absolute atomic E-state index is 0.0595. The maximum Gasteiger partial charge on any atom is 0.252 e. The number of likely N-dealkylation sites (N-methyl/N-ethyl adjacent to an activating group) is 1. The maximum absolute atomic E-state index is 12.9. The largest absolute Gasteiger partial charge is 0.306 e. The Morgan fingerprint density at radius 1 is 0.853 bits per heavy atom. The van der Waals surface area contributed by atoms with Gasteiger partial charge in [0.25, 0.3) is 5.56 Å². The minimum Gasteiger partial charge on any atom is -0.306 e. The molecule has 0 bridgehead atoms. The van der Waals surface area contributed by atoms with Gasteiger partial charge in [0.1, 0.15) is 5.65 Å². The highest BCUT2D eigenvalue weighted by atomic mass is 16.1. The molecule has 34 heavy (non-hydrogen) atoms. The molecule has 0 aliphatic rings. The van der Waals surface area contributed by atoms with Crippen molar-refractivity contribution in [2.45, 2.75) is 20.3 Å². The smallest absolute Gasteiger partial charge is 0.252 e. The van der Waals surface area contributed by atoms with Crippen molar-refractivity contribution in [1.29, 1.82) is 0 Å². The summed E-state index contributed by atoms with van der Waals surface area (Å²) < 4.78 is 0. The molecule has 0 atom stereocenters. The number of aromatic nitrogens is 3. The molecule has 0 saturated heterocycles. The van der Waals surface area contributed by atoms with Crippen LogP contribution in [-0.4, -0.2) is 39.5 Å². The lowest BCUT2D eigenvalue weighted by molar-refractivity contribution is 0.307. The van der Waals surface area contributed by atoms with Crippen molar-refractivity contribution in [3.05, 3.63) is 94.9 Å². The van der Waals surface area contributed by atoms with E-state index in [0.29, 0.717) is 12.1 Å². The van der Waals surface area contributed by atoms with Crippen molar-refractivity contribution in [1.82, 2.24) is 19.9 Å². The Balaban J connectivity index is 1.67. The van der Waals surface area contributed by atoms with Crippen LogP contribution in [0.1, 0.15) is 19.4 Å². The van der Waals surface area contributed by atoms with Gasteiger partial charge in [0, 0.05) is 40.2 Å². The fraction of sp³-hybridized carbons (Fsp3) is 0.207. The lowest BCUT2D eigenvalue weighted by Crippen LogP contribution is -2.27. The van der Waals surface area contributed by atoms with Crippen LogP contribution in [-0.2, 0) is 6.42 Å². The summed E-state index contributed by atoms with van der Waals surface area (Å²) in [7, 11) is 0. The summed E-state index contributed by atoms with van der Waals surface area (Å²) in [6, 6.07) is 24.6. The Hall–Kier alpha value is -3.83. The normalized spacial score (nSPS) is 11.5. The van der Waals surface area contributed by atoms with Gasteiger partial charge in [0.15, 0.2) is 0 Å². The Morgan fingerprint density at radius 2 is 1.68 bits per heavy atom. The Morgan fingerprint density at radius 3 is 2.47 bits per heavy atom. The maximum atomic E-state index is 12.9. The van der Waals surface area contributed by atoms with Crippen LogP contribution >= 0.6 is 0 Å². The van der Waals surface area contributed by atoms with E-state index in [1.807, 2.05) is 42.6 Å². The van der Waals surface area contributed by atoms with Crippen LogP contribution in [0.4, 0.5) is 0 Å². The molecule has 0 spiro atoms. The molecular weight excluding hydrogens is 420 g/mol. The zero-order valence-corrected chi connectivity index (χ0v) is 19.6. The van der Waals surface area contributed by atoms with Crippen LogP contribution in [0.5, 0.6) is 0 Å². The quantitative estimate of drug-likeness (QED) is 0.347. The predicted molar refractivity (Wildman–Crippen MR) is 140 cm³/mol. The number of nitrogens with one attached hydrogen (secondary N) is 1. The average molecular weight is 449 g/mol. The number of benzene rings is 2. The number of pyridine rings is 3. The van der Waals surface area contributed by atoms with Crippen LogP contribution in [0.3, 0.4) is 0 Å². The highest BCUT2D eigenvalue weighted by Crippen LogP contribution is 2.34. The van der Waals surface area contributed by atoms with Crippen molar-refractivity contribution in [2.24, 2.45) is 0 Å². The molecule has 0 saturated carbocycles. The molecule has 3 heterocycles. The SMILES string of the molecule is CCN(CC)CCc1cc2cc(-c3ccc4ncccc4c3)c(-c3ccccc3)nc2[nH]c1=O. The Labute approximate surface area is 199 Å². The van der Waals surface area contributed by atoms with Gasteiger partial charge in [-0.1, -0.05) is 56.3 Å². The van der Waals surface area contributed by atoms with Gasteiger partial charge in [-0.3, -0.25) is 9.78 Å². The summed E-state index contributed by atoms with van der Waals surface area (Å²) >= 11 is 0. The molecular formula is C29H28N4O. The molecule has 0 amide bonds. The molecule has 3 aromatic heterocycles. The van der Waals surface area contributed by atoms with E-state index in [2.05, 4.69) is 65.1 Å². The van der Waals surface area contributed by atoms with Gasteiger partial charge < -0.3 is 9.88 Å². The topological polar surface area (TPSA) is 61.9 Å². The second kappa shape index (κ2) is 9.57. The molecule has 1 N–H and O–H groups in total. The molecule has 0 unspecified atom stereocenters. The molecule has 170 valence electrons. The van der Waals surface area contributed by atoms with Crippen molar-refractivity contribution < 1.29 is 0 Å². The van der Waals surface area contributed by atoms with E-state index in [9.17, 15) is 4.79 Å². The fourth-order valence-corrected chi connectivity index (χ4v) is 4.46. The fourth-order valence-electron chi connectivity index (χ4n) is 4.46. The van der Waals surface area contributed by atoms with Crippen molar-refractivity contribution in [3.8, 4) is 22.4 Å². The zero-order valence-electron chi connectivity index (χ0n) is 19.6. The third-order valence-electron chi connectivity index (χ3n) is 6.46. The van der Waals surface area contributed by atoms with Gasteiger partial charge in [-0.2, -0.15) is 0 Å². The second-order valence-corrected chi connectivity index (χ2v) is 8.50. The summed E-state index contributed by atoms with van der Waals surface area (Å²) in [5, 5.41) is 2.02. The van der Waals surface area contributed by atoms with Crippen molar-refractivity contribution in [3.63, 3.8) is 0 Å². The van der Waals surface area contributed by atoms with Crippen molar-refractivity contribution >= 4 is 21.9 Å². The molecule has 5 rings (SSSR count). The lowest BCUT2D eigenvalue weighted by atomic mass is 9.96. The van der Waals surface area contributed by atoms with Crippen LogP contribution in [0, 0.1) is 0 Å². The second-order valence-electron chi connectivity index (χ2n) is 8.50. The van der Waals surface area contributed by atoms with E-state index in [1.54, 1.807) is 0 Å². The number of hydrogen-bond donors (Lipinski definition) is 1. The standard InChI is InChI=1S/C29H28N4O/c1-3-33(4-2)16-14-23-18-24-19-25(21-12-13-26-22(17-21)11-8-15-30-26)27(20-9-6-5-7-10-20)31-28(24)32-29(23)34/h5-13,15,17-19H,3-4,14,16H2,1-2H3,(H,31,32,34). The van der Waals surface area contributed by atoms with Gasteiger partial charge in [0.05, 0.1) is 11.2 Å². The molecule has 5 heteroatoms. The van der Waals surface area contributed by atoms with E-state index in [4.69, 9.17) is 4.98 Å². The first-order valence-electron chi connectivity index (χ1n) is 11.9. The summed E-state index contributed by atoms with van der Waals surface area (Å²) in [5.74, 6) is 0. The summed E-state index contributed by atoms with van der Waals surface area (Å²) in [5.41, 5.74) is 6.28. The average Bonchev–Trinajstić information content (AvgIpc) is 2.89. The third-order valence-corrected chi connectivity index (χ3v) is 6.46. The number of aromatic amines is 1. The van der Waals surface area contributed by atoms with E-state index >= 15 is 0 Å². The number of H-pyrrole nitrogens is 1. The highest BCUT2D eigenvalue weighted by Gasteiger charge is 2.14. The van der Waals surface area contributed by atoms with Gasteiger partial charge in [-0.25, -0.2) is 4.98 Å². The van der Waals surface area contributed by atoms with E-state index in [-0.39, 0.29) is 5.56 Å². The molecule has 2 aromatic carbocycles. The van der Waals surface area contributed by atoms with Crippen LogP contribution in [0.15, 0.2) is 83.8 Å². The first kappa shape index (κ1) is 22.0. The number of nitrogens with zero attached hydrogens (tertiary/aromatic N) is 3. The predicted octanol–water partition coefficient (Wildman–Crippen LogP) is 5.69. The van der Waals surface area contributed by atoms with Crippen molar-refractivity contribution in [2.75, 3.05) is 19.6 Å². The van der Waals surface area contributed by atoms with Crippen LogP contribution < -0.4 is 5.56 Å². The number of hydrogen-bond acceptors (Lipinski definition) is 4. The monoisotopic (exact) mass is 448 g/mol. The third kappa shape index (κ3) is 4.35. The van der Waals surface area contributed by atoms with Crippen LogP contribution in [0.25, 0.3) is 44.3 Å². The molecule has 5 nitrogen and oxygen atoms in total. The minimum atomic E-state index is -0.0595. The highest BCUT2D eigenvalue weighted by molar-refractivity contribution is 5.93. The summed E-state index contributed by atoms with van der Waals surface area (Å²) in [4.78, 5) is 27.6. The Kier molecular flexibility index (Phi) is 6.19. The van der Waals surface area contributed by atoms with E-state index in [1.165, 1.54) is 0 Å². The van der Waals surface area contributed by atoms with E-state index in [0.717, 1.165) is 63.9 Å². The zero-order chi connectivity index (χ0) is 23.5. The molecule has 0 aliphatic carbocycles. The van der Waals surface area contributed by atoms with E-state index < -0.39 is 0 Å². The number of rotatable bonds is 7. The lowest BCUT2D eigenvalue weighted by Gasteiger charge is -2.17. The molecule has 5 aromatic rings. The summed E-state index contributed by atoms with van der Waals surface area (Å²) in [6.45, 7) is 7.11. The Bertz CT molecular complexity index is 1500. The van der Waals surface area contributed by atoms with Gasteiger partial charge in [-0.05, 0) is 55.4 Å². The number of fused-ring (bicyclic) bond motifs is 2. The first-order chi connectivity index (χ1) is 16.7. The van der Waals surface area contributed by atoms with Crippen LogP contribution in [0.2, 0.25) is 0 Å². The van der Waals surface area contributed by atoms with Gasteiger partial charge in [-0.15, -0.1) is 0 Å².